The fourth-order valence-electron chi connectivity index (χ4n) is 2.13. The zero-order chi connectivity index (χ0) is 15.4. The molecule has 0 aliphatic rings. The number of aryl methyl sites for hydroxylation is 1. The SMILES string of the molecule is CCCNCc1ccc(-c2ccc(C)c(F)c2F)cc1Cl. The van der Waals surface area contributed by atoms with Gasteiger partial charge in [-0.2, -0.15) is 0 Å². The Kier molecular flexibility index (Phi) is 5.32. The number of rotatable bonds is 5. The van der Waals surface area contributed by atoms with Crippen LogP contribution in [0.25, 0.3) is 11.1 Å². The summed E-state index contributed by atoms with van der Waals surface area (Å²) >= 11 is 6.23. The van der Waals surface area contributed by atoms with E-state index in [2.05, 4.69) is 12.2 Å². The molecule has 112 valence electrons. The highest BCUT2D eigenvalue weighted by atomic mass is 35.5. The first-order valence-electron chi connectivity index (χ1n) is 6.98. The van der Waals surface area contributed by atoms with Gasteiger partial charge in [-0.15, -0.1) is 0 Å². The predicted molar refractivity (Wildman–Crippen MR) is 83.5 cm³/mol. The maximum atomic E-state index is 14.0. The van der Waals surface area contributed by atoms with E-state index in [-0.39, 0.29) is 5.56 Å². The number of hydrogen-bond donors (Lipinski definition) is 1. The minimum atomic E-state index is -0.831. The van der Waals surface area contributed by atoms with E-state index in [1.165, 1.54) is 6.92 Å². The largest absolute Gasteiger partial charge is 0.313 e. The van der Waals surface area contributed by atoms with Crippen LogP contribution in [-0.2, 0) is 6.54 Å². The van der Waals surface area contributed by atoms with Gasteiger partial charge in [0.05, 0.1) is 0 Å². The first-order valence-corrected chi connectivity index (χ1v) is 7.36. The van der Waals surface area contributed by atoms with E-state index >= 15 is 0 Å². The summed E-state index contributed by atoms with van der Waals surface area (Å²) < 4.78 is 27.6. The van der Waals surface area contributed by atoms with Gasteiger partial charge in [-0.3, -0.25) is 0 Å². The molecular weight excluding hydrogens is 292 g/mol. The topological polar surface area (TPSA) is 12.0 Å². The molecule has 0 saturated carbocycles. The molecule has 0 amide bonds. The Hall–Kier alpha value is -1.45. The van der Waals surface area contributed by atoms with Crippen molar-refractivity contribution < 1.29 is 8.78 Å². The second-order valence-electron chi connectivity index (χ2n) is 5.04. The van der Waals surface area contributed by atoms with Crippen LogP contribution in [0.4, 0.5) is 8.78 Å². The molecule has 2 rings (SSSR count). The molecule has 0 spiro atoms. The summed E-state index contributed by atoms with van der Waals surface area (Å²) in [7, 11) is 0. The molecule has 0 fully saturated rings. The van der Waals surface area contributed by atoms with Crippen molar-refractivity contribution in [1.82, 2.24) is 5.32 Å². The van der Waals surface area contributed by atoms with E-state index < -0.39 is 11.6 Å². The minimum Gasteiger partial charge on any atom is -0.313 e. The molecule has 0 radical (unpaired) electrons. The van der Waals surface area contributed by atoms with Crippen LogP contribution < -0.4 is 5.32 Å². The zero-order valence-corrected chi connectivity index (χ0v) is 12.9. The highest BCUT2D eigenvalue weighted by Gasteiger charge is 2.13. The van der Waals surface area contributed by atoms with Gasteiger partial charge in [0, 0.05) is 17.1 Å². The molecule has 0 unspecified atom stereocenters. The number of benzene rings is 2. The Morgan fingerprint density at radius 1 is 1.10 bits per heavy atom. The van der Waals surface area contributed by atoms with Gasteiger partial charge in [0.1, 0.15) is 0 Å². The lowest BCUT2D eigenvalue weighted by Crippen LogP contribution is -2.14. The molecule has 0 aliphatic heterocycles. The van der Waals surface area contributed by atoms with Crippen LogP contribution in [0.3, 0.4) is 0 Å². The Labute approximate surface area is 128 Å². The predicted octanol–water partition coefficient (Wildman–Crippen LogP) is 5.09. The highest BCUT2D eigenvalue weighted by molar-refractivity contribution is 6.31. The summed E-state index contributed by atoms with van der Waals surface area (Å²) in [6, 6.07) is 8.43. The minimum absolute atomic E-state index is 0.230. The van der Waals surface area contributed by atoms with Crippen LogP contribution in [0.2, 0.25) is 5.02 Å². The van der Waals surface area contributed by atoms with Gasteiger partial charge in [-0.05, 0) is 42.6 Å². The smallest absolute Gasteiger partial charge is 0.166 e. The van der Waals surface area contributed by atoms with Gasteiger partial charge in [0.15, 0.2) is 11.6 Å². The molecule has 2 aromatic carbocycles. The van der Waals surface area contributed by atoms with Crippen molar-refractivity contribution in [2.24, 2.45) is 0 Å². The van der Waals surface area contributed by atoms with Crippen molar-refractivity contribution in [3.05, 3.63) is 58.1 Å². The van der Waals surface area contributed by atoms with Crippen LogP contribution in [0, 0.1) is 18.6 Å². The molecular formula is C17H18ClF2N. The average Bonchev–Trinajstić information content (AvgIpc) is 2.47. The molecule has 4 heteroatoms. The molecule has 0 saturated heterocycles. The Balaban J connectivity index is 2.30. The second-order valence-corrected chi connectivity index (χ2v) is 5.45. The van der Waals surface area contributed by atoms with Gasteiger partial charge in [-0.25, -0.2) is 8.78 Å². The van der Waals surface area contributed by atoms with E-state index in [4.69, 9.17) is 11.6 Å². The lowest BCUT2D eigenvalue weighted by molar-refractivity contribution is 0.505. The van der Waals surface area contributed by atoms with Crippen LogP contribution in [-0.4, -0.2) is 6.54 Å². The molecule has 1 N–H and O–H groups in total. The third-order valence-corrected chi connectivity index (χ3v) is 3.73. The maximum absolute atomic E-state index is 14.0. The second kappa shape index (κ2) is 7.01. The molecule has 21 heavy (non-hydrogen) atoms. The average molecular weight is 310 g/mol. The van der Waals surface area contributed by atoms with E-state index in [1.54, 1.807) is 24.3 Å². The Bertz CT molecular complexity index is 641. The van der Waals surface area contributed by atoms with Gasteiger partial charge in [0.2, 0.25) is 0 Å². The third kappa shape index (κ3) is 3.60. The van der Waals surface area contributed by atoms with Crippen LogP contribution in [0.1, 0.15) is 24.5 Å². The maximum Gasteiger partial charge on any atom is 0.166 e. The molecule has 0 bridgehead atoms. The van der Waals surface area contributed by atoms with Crippen molar-refractivity contribution in [1.29, 1.82) is 0 Å². The third-order valence-electron chi connectivity index (χ3n) is 3.38. The standard InChI is InChI=1S/C17H18ClF2N/c1-3-8-21-10-13-6-5-12(9-15(13)18)14-7-4-11(2)16(19)17(14)20/h4-7,9,21H,3,8,10H2,1-2H3. The van der Waals surface area contributed by atoms with Crippen LogP contribution >= 0.6 is 11.6 Å². The molecule has 0 atom stereocenters. The van der Waals surface area contributed by atoms with Crippen molar-refractivity contribution in [3.63, 3.8) is 0 Å². The monoisotopic (exact) mass is 309 g/mol. The normalized spacial score (nSPS) is 10.9. The van der Waals surface area contributed by atoms with E-state index in [1.807, 2.05) is 6.07 Å². The highest BCUT2D eigenvalue weighted by Crippen LogP contribution is 2.29. The summed E-state index contributed by atoms with van der Waals surface area (Å²) in [6.45, 7) is 5.21. The summed E-state index contributed by atoms with van der Waals surface area (Å²) in [4.78, 5) is 0. The van der Waals surface area contributed by atoms with Crippen molar-refractivity contribution in [2.75, 3.05) is 6.54 Å². The van der Waals surface area contributed by atoms with E-state index in [0.717, 1.165) is 18.5 Å². The molecule has 1 nitrogen and oxygen atoms in total. The van der Waals surface area contributed by atoms with Gasteiger partial charge >= 0.3 is 0 Å². The van der Waals surface area contributed by atoms with Gasteiger partial charge < -0.3 is 5.32 Å². The summed E-state index contributed by atoms with van der Waals surface area (Å²) in [6.07, 6.45) is 1.05. The molecule has 0 aromatic heterocycles. The summed E-state index contributed by atoms with van der Waals surface area (Å²) in [5.74, 6) is -1.64. The zero-order valence-electron chi connectivity index (χ0n) is 12.1. The lowest BCUT2D eigenvalue weighted by atomic mass is 10.0. The molecule has 0 heterocycles. The van der Waals surface area contributed by atoms with E-state index in [9.17, 15) is 8.78 Å². The number of hydrogen-bond acceptors (Lipinski definition) is 1. The van der Waals surface area contributed by atoms with Gasteiger partial charge in [0.25, 0.3) is 0 Å². The molecule has 2 aromatic rings. The van der Waals surface area contributed by atoms with Crippen molar-refractivity contribution in [2.45, 2.75) is 26.8 Å². The number of halogens is 3. The molecule has 0 aliphatic carbocycles. The van der Waals surface area contributed by atoms with Crippen molar-refractivity contribution >= 4 is 11.6 Å². The van der Waals surface area contributed by atoms with Crippen LogP contribution in [0.15, 0.2) is 30.3 Å². The first kappa shape index (κ1) is 15.9. The summed E-state index contributed by atoms with van der Waals surface area (Å²) in [5.41, 5.74) is 2.05. The quantitative estimate of drug-likeness (QED) is 0.758. The Morgan fingerprint density at radius 2 is 1.86 bits per heavy atom. The van der Waals surface area contributed by atoms with E-state index in [0.29, 0.717) is 22.7 Å². The fraction of sp³-hybridized carbons (Fsp3) is 0.294. The lowest BCUT2D eigenvalue weighted by Gasteiger charge is -2.10. The summed E-state index contributed by atoms with van der Waals surface area (Å²) in [5, 5.41) is 3.81. The van der Waals surface area contributed by atoms with Crippen molar-refractivity contribution in [3.8, 4) is 11.1 Å². The van der Waals surface area contributed by atoms with Gasteiger partial charge in [-0.1, -0.05) is 42.8 Å². The number of nitrogens with one attached hydrogen (secondary N) is 1. The van der Waals surface area contributed by atoms with Crippen LogP contribution in [0.5, 0.6) is 0 Å². The first-order chi connectivity index (χ1) is 10.0. The fourth-order valence-corrected chi connectivity index (χ4v) is 2.37. The Morgan fingerprint density at radius 3 is 2.52 bits per heavy atom.